The summed E-state index contributed by atoms with van der Waals surface area (Å²) >= 11 is 1.61. The summed E-state index contributed by atoms with van der Waals surface area (Å²) in [5, 5.41) is 13.8. The maximum absolute atomic E-state index is 8.69. The molecular weight excluding hydrogens is 272 g/mol. The van der Waals surface area contributed by atoms with Gasteiger partial charge < -0.3 is 10.9 Å². The number of amidine groups is 1. The van der Waals surface area contributed by atoms with E-state index in [2.05, 4.69) is 27.5 Å². The van der Waals surface area contributed by atoms with E-state index >= 15 is 0 Å². The lowest BCUT2D eigenvalue weighted by molar-refractivity contribution is 0.315. The molecule has 0 unspecified atom stereocenters. The normalized spacial score (nSPS) is 12.1. The highest BCUT2D eigenvalue weighted by Crippen LogP contribution is 2.14. The van der Waals surface area contributed by atoms with Gasteiger partial charge in [0, 0.05) is 24.0 Å². The highest BCUT2D eigenvalue weighted by Gasteiger charge is 2.07. The van der Waals surface area contributed by atoms with Crippen LogP contribution < -0.4 is 5.73 Å². The van der Waals surface area contributed by atoms with Gasteiger partial charge in [-0.2, -0.15) is 0 Å². The molecule has 106 valence electrons. The summed E-state index contributed by atoms with van der Waals surface area (Å²) in [5.74, 6) is 0.135. The van der Waals surface area contributed by atoms with Crippen LogP contribution >= 0.6 is 11.3 Å². The highest BCUT2D eigenvalue weighted by molar-refractivity contribution is 7.07. The molecule has 0 bridgehead atoms. The smallest absolute Gasteiger partial charge is 0.170 e. The first-order chi connectivity index (χ1) is 9.60. The minimum atomic E-state index is 0.135. The van der Waals surface area contributed by atoms with E-state index in [-0.39, 0.29) is 5.84 Å². The van der Waals surface area contributed by atoms with Gasteiger partial charge in [-0.1, -0.05) is 17.3 Å². The molecule has 0 fully saturated rings. The molecule has 2 rings (SSSR count). The number of aryl methyl sites for hydroxylation is 1. The average Bonchev–Trinajstić information content (AvgIpc) is 2.93. The van der Waals surface area contributed by atoms with Crippen molar-refractivity contribution in [2.24, 2.45) is 10.9 Å². The molecule has 6 heteroatoms. The van der Waals surface area contributed by atoms with Crippen molar-refractivity contribution in [3.05, 3.63) is 51.5 Å². The maximum Gasteiger partial charge on any atom is 0.170 e. The minimum absolute atomic E-state index is 0.135. The van der Waals surface area contributed by atoms with Crippen LogP contribution in [0.15, 0.2) is 34.2 Å². The summed E-state index contributed by atoms with van der Waals surface area (Å²) in [5.41, 5.74) is 11.6. The lowest BCUT2D eigenvalue weighted by atomic mass is 10.0. The van der Waals surface area contributed by atoms with E-state index in [0.717, 1.165) is 29.9 Å². The predicted octanol–water partition coefficient (Wildman–Crippen LogP) is 2.18. The zero-order chi connectivity index (χ0) is 14.5. The second-order valence-corrected chi connectivity index (χ2v) is 5.50. The fourth-order valence-electron chi connectivity index (χ4n) is 2.03. The Morgan fingerprint density at radius 1 is 1.45 bits per heavy atom. The average molecular weight is 290 g/mol. The van der Waals surface area contributed by atoms with Gasteiger partial charge in [-0.25, -0.2) is 4.98 Å². The largest absolute Gasteiger partial charge is 0.409 e. The van der Waals surface area contributed by atoms with Gasteiger partial charge in [0.15, 0.2) is 5.84 Å². The van der Waals surface area contributed by atoms with Crippen LogP contribution in [0.1, 0.15) is 22.4 Å². The summed E-state index contributed by atoms with van der Waals surface area (Å²) < 4.78 is 0. The predicted molar refractivity (Wildman–Crippen MR) is 81.0 cm³/mol. The molecule has 1 heterocycles. The summed E-state index contributed by atoms with van der Waals surface area (Å²) in [4.78, 5) is 6.49. The fourth-order valence-corrected chi connectivity index (χ4v) is 2.58. The third kappa shape index (κ3) is 3.55. The van der Waals surface area contributed by atoms with Crippen molar-refractivity contribution in [1.29, 1.82) is 0 Å². The van der Waals surface area contributed by atoms with Gasteiger partial charge in [0.05, 0.1) is 11.2 Å². The highest BCUT2D eigenvalue weighted by atomic mass is 32.1. The van der Waals surface area contributed by atoms with Gasteiger partial charge >= 0.3 is 0 Å². The second-order valence-electron chi connectivity index (χ2n) is 4.78. The van der Waals surface area contributed by atoms with E-state index in [1.807, 2.05) is 30.6 Å². The first-order valence-corrected chi connectivity index (χ1v) is 7.17. The van der Waals surface area contributed by atoms with E-state index in [9.17, 15) is 0 Å². The molecule has 0 saturated carbocycles. The standard InChI is InChI=1S/C14H18N4OS/c1-10-5-11(14(15)17-19)3-4-12(10)6-18(2)7-13-8-20-9-16-13/h3-5,8-9,19H,6-7H2,1-2H3,(H2,15,17). The Labute approximate surface area is 122 Å². The van der Waals surface area contributed by atoms with Crippen molar-refractivity contribution in [1.82, 2.24) is 9.88 Å². The first kappa shape index (κ1) is 14.5. The molecule has 5 nitrogen and oxygen atoms in total. The molecule has 20 heavy (non-hydrogen) atoms. The third-order valence-electron chi connectivity index (χ3n) is 3.10. The Morgan fingerprint density at radius 2 is 2.25 bits per heavy atom. The third-order valence-corrected chi connectivity index (χ3v) is 3.74. The van der Waals surface area contributed by atoms with Gasteiger partial charge in [0.2, 0.25) is 0 Å². The molecule has 0 aliphatic rings. The molecule has 0 aliphatic heterocycles. The number of rotatable bonds is 5. The summed E-state index contributed by atoms with van der Waals surface area (Å²) in [6.07, 6.45) is 0. The Bertz CT molecular complexity index is 595. The van der Waals surface area contributed by atoms with E-state index in [1.54, 1.807) is 11.3 Å². The molecule has 2 aromatic rings. The van der Waals surface area contributed by atoms with Crippen LogP contribution in [0.4, 0.5) is 0 Å². The summed E-state index contributed by atoms with van der Waals surface area (Å²) in [6, 6.07) is 5.81. The zero-order valence-electron chi connectivity index (χ0n) is 11.6. The van der Waals surface area contributed by atoms with Crippen LogP contribution in [-0.4, -0.2) is 28.0 Å². The monoisotopic (exact) mass is 290 g/mol. The number of oxime groups is 1. The van der Waals surface area contributed by atoms with Crippen LogP contribution in [0.5, 0.6) is 0 Å². The molecule has 1 aromatic carbocycles. The molecule has 0 amide bonds. The van der Waals surface area contributed by atoms with Gasteiger partial charge in [-0.05, 0) is 31.2 Å². The van der Waals surface area contributed by atoms with Crippen molar-refractivity contribution in [2.75, 3.05) is 7.05 Å². The summed E-state index contributed by atoms with van der Waals surface area (Å²) in [6.45, 7) is 3.69. The van der Waals surface area contributed by atoms with E-state index in [1.165, 1.54) is 5.56 Å². The van der Waals surface area contributed by atoms with Crippen LogP contribution in [-0.2, 0) is 13.1 Å². The molecule has 3 N–H and O–H groups in total. The van der Waals surface area contributed by atoms with Crippen LogP contribution in [0.2, 0.25) is 0 Å². The Kier molecular flexibility index (Phi) is 4.70. The van der Waals surface area contributed by atoms with Gasteiger partial charge in [0.25, 0.3) is 0 Å². The molecule has 0 radical (unpaired) electrons. The molecule has 0 aliphatic carbocycles. The minimum Gasteiger partial charge on any atom is -0.409 e. The van der Waals surface area contributed by atoms with Gasteiger partial charge in [-0.15, -0.1) is 11.3 Å². The molecular formula is C14H18N4OS. The lowest BCUT2D eigenvalue weighted by Crippen LogP contribution is -2.19. The first-order valence-electron chi connectivity index (χ1n) is 6.23. The zero-order valence-corrected chi connectivity index (χ0v) is 12.4. The van der Waals surface area contributed by atoms with Crippen molar-refractivity contribution in [2.45, 2.75) is 20.0 Å². The number of aromatic nitrogens is 1. The SMILES string of the molecule is Cc1cc(/C(N)=N/O)ccc1CN(C)Cc1cscn1. The van der Waals surface area contributed by atoms with E-state index in [4.69, 9.17) is 10.9 Å². The molecule has 0 atom stereocenters. The molecule has 0 spiro atoms. The number of hydrogen-bond donors (Lipinski definition) is 2. The number of thiazole rings is 1. The quantitative estimate of drug-likeness (QED) is 0.383. The van der Waals surface area contributed by atoms with Gasteiger partial charge in [0.1, 0.15) is 0 Å². The number of nitrogens with two attached hydrogens (primary N) is 1. The van der Waals surface area contributed by atoms with Crippen molar-refractivity contribution in [3.63, 3.8) is 0 Å². The second kappa shape index (κ2) is 6.49. The number of benzene rings is 1. The number of hydrogen-bond acceptors (Lipinski definition) is 5. The van der Waals surface area contributed by atoms with E-state index in [0.29, 0.717) is 0 Å². The Morgan fingerprint density at radius 3 is 2.85 bits per heavy atom. The van der Waals surface area contributed by atoms with Crippen molar-refractivity contribution < 1.29 is 5.21 Å². The summed E-state index contributed by atoms with van der Waals surface area (Å²) in [7, 11) is 2.07. The Balaban J connectivity index is 2.06. The van der Waals surface area contributed by atoms with Crippen LogP contribution in [0.25, 0.3) is 0 Å². The fraction of sp³-hybridized carbons (Fsp3) is 0.286. The molecule has 0 saturated heterocycles. The van der Waals surface area contributed by atoms with E-state index < -0.39 is 0 Å². The van der Waals surface area contributed by atoms with Crippen molar-refractivity contribution >= 4 is 17.2 Å². The van der Waals surface area contributed by atoms with Crippen molar-refractivity contribution in [3.8, 4) is 0 Å². The van der Waals surface area contributed by atoms with Gasteiger partial charge in [-0.3, -0.25) is 4.90 Å². The van der Waals surface area contributed by atoms with Crippen LogP contribution in [0.3, 0.4) is 0 Å². The topological polar surface area (TPSA) is 74.7 Å². The van der Waals surface area contributed by atoms with Crippen LogP contribution in [0, 0.1) is 6.92 Å². The molecule has 1 aromatic heterocycles. The maximum atomic E-state index is 8.69. The lowest BCUT2D eigenvalue weighted by Gasteiger charge is -2.17. The Hall–Kier alpha value is -1.92. The number of nitrogens with zero attached hydrogens (tertiary/aromatic N) is 3.